The highest BCUT2D eigenvalue weighted by Crippen LogP contribution is 2.20. The molecule has 1 aliphatic carbocycles. The van der Waals surface area contributed by atoms with Crippen molar-refractivity contribution in [1.82, 2.24) is 15.1 Å². The Morgan fingerprint density at radius 3 is 2.70 bits per heavy atom. The van der Waals surface area contributed by atoms with Crippen molar-refractivity contribution in [2.24, 2.45) is 5.73 Å². The van der Waals surface area contributed by atoms with E-state index in [0.717, 1.165) is 25.7 Å². The predicted octanol–water partition coefficient (Wildman–Crippen LogP) is 2.32. The van der Waals surface area contributed by atoms with Crippen LogP contribution in [0.2, 0.25) is 0 Å². The molecule has 1 aromatic carbocycles. The van der Waals surface area contributed by atoms with Gasteiger partial charge in [-0.2, -0.15) is 5.10 Å². The van der Waals surface area contributed by atoms with Crippen molar-refractivity contribution >= 4 is 5.91 Å². The van der Waals surface area contributed by atoms with Gasteiger partial charge in [-0.15, -0.1) is 0 Å². The van der Waals surface area contributed by atoms with Gasteiger partial charge in [0.05, 0.1) is 17.5 Å². The van der Waals surface area contributed by atoms with Gasteiger partial charge in [0.25, 0.3) is 5.91 Å². The molecule has 2 aromatic rings. The first-order chi connectivity index (χ1) is 11.1. The monoisotopic (exact) mass is 316 g/mol. The largest absolute Gasteiger partial charge is 0.349 e. The molecule has 1 heterocycles. The van der Waals surface area contributed by atoms with Gasteiger partial charge in [-0.3, -0.25) is 4.79 Å². The Labute approximate surface area is 134 Å². The Hall–Kier alpha value is -2.21. The van der Waals surface area contributed by atoms with Crippen LogP contribution < -0.4 is 11.1 Å². The van der Waals surface area contributed by atoms with Gasteiger partial charge < -0.3 is 11.1 Å². The van der Waals surface area contributed by atoms with Crippen LogP contribution in [-0.4, -0.2) is 27.8 Å². The molecular formula is C17H21FN4O. The minimum Gasteiger partial charge on any atom is -0.349 e. The van der Waals surface area contributed by atoms with E-state index in [9.17, 15) is 9.18 Å². The smallest absolute Gasteiger partial charge is 0.254 e. The Balaban J connectivity index is 1.76. The van der Waals surface area contributed by atoms with Gasteiger partial charge in [0.15, 0.2) is 0 Å². The molecule has 1 aliphatic rings. The summed E-state index contributed by atoms with van der Waals surface area (Å²) in [6.07, 6.45) is 5.14. The summed E-state index contributed by atoms with van der Waals surface area (Å²) in [6, 6.07) is 6.78. The maximum absolute atomic E-state index is 13.9. The number of nitrogens with zero attached hydrogens (tertiary/aromatic N) is 2. The van der Waals surface area contributed by atoms with Gasteiger partial charge in [0, 0.05) is 12.1 Å². The van der Waals surface area contributed by atoms with Crippen molar-refractivity contribution in [1.29, 1.82) is 0 Å². The van der Waals surface area contributed by atoms with Crippen LogP contribution in [-0.2, 0) is 0 Å². The minimum atomic E-state index is -0.369. The molecule has 0 unspecified atom stereocenters. The molecule has 3 N–H and O–H groups in total. The number of nitrogens with two attached hydrogens (primary N) is 1. The standard InChI is InChI=1S/C17H21FN4O/c1-11-14(17(23)21-13-8-6-12(19)7-9-13)10-20-22(11)16-5-3-2-4-15(16)18/h2-5,10,12-13H,6-9,19H2,1H3,(H,21,23). The van der Waals surface area contributed by atoms with Crippen LogP contribution in [0.4, 0.5) is 4.39 Å². The van der Waals surface area contributed by atoms with E-state index in [1.54, 1.807) is 25.1 Å². The lowest BCUT2D eigenvalue weighted by molar-refractivity contribution is 0.0925. The van der Waals surface area contributed by atoms with Gasteiger partial charge >= 0.3 is 0 Å². The van der Waals surface area contributed by atoms with Crippen molar-refractivity contribution in [2.45, 2.75) is 44.7 Å². The summed E-state index contributed by atoms with van der Waals surface area (Å²) in [7, 11) is 0. The lowest BCUT2D eigenvalue weighted by Crippen LogP contribution is -2.40. The zero-order valence-corrected chi connectivity index (χ0v) is 13.1. The molecule has 0 aliphatic heterocycles. The maximum atomic E-state index is 13.9. The van der Waals surface area contributed by atoms with Gasteiger partial charge in [-0.1, -0.05) is 12.1 Å². The van der Waals surface area contributed by atoms with Crippen LogP contribution in [0.5, 0.6) is 0 Å². The van der Waals surface area contributed by atoms with Crippen molar-refractivity contribution in [3.05, 3.63) is 47.5 Å². The summed E-state index contributed by atoms with van der Waals surface area (Å²) in [5.41, 5.74) is 7.32. The quantitative estimate of drug-likeness (QED) is 0.913. The third kappa shape index (κ3) is 3.27. The van der Waals surface area contributed by atoms with Gasteiger partial charge in [-0.05, 0) is 44.7 Å². The molecule has 122 valence electrons. The van der Waals surface area contributed by atoms with Crippen LogP contribution in [0.25, 0.3) is 5.69 Å². The Morgan fingerprint density at radius 1 is 1.30 bits per heavy atom. The summed E-state index contributed by atoms with van der Waals surface area (Å²) >= 11 is 0. The number of rotatable bonds is 3. The predicted molar refractivity (Wildman–Crippen MR) is 86.0 cm³/mol. The first-order valence-corrected chi connectivity index (χ1v) is 7.92. The normalized spacial score (nSPS) is 21.2. The summed E-state index contributed by atoms with van der Waals surface area (Å²) in [4.78, 5) is 12.5. The average Bonchev–Trinajstić information content (AvgIpc) is 2.92. The molecule has 0 radical (unpaired) electrons. The first-order valence-electron chi connectivity index (χ1n) is 7.92. The zero-order chi connectivity index (χ0) is 16.4. The molecule has 1 fully saturated rings. The third-order valence-electron chi connectivity index (χ3n) is 4.44. The number of hydrogen-bond acceptors (Lipinski definition) is 3. The van der Waals surface area contributed by atoms with E-state index in [0.29, 0.717) is 16.9 Å². The average molecular weight is 316 g/mol. The Morgan fingerprint density at radius 2 is 2.00 bits per heavy atom. The SMILES string of the molecule is Cc1c(C(=O)NC2CCC(N)CC2)cnn1-c1ccccc1F. The lowest BCUT2D eigenvalue weighted by atomic mass is 9.91. The second-order valence-corrected chi connectivity index (χ2v) is 6.09. The lowest BCUT2D eigenvalue weighted by Gasteiger charge is -2.26. The van der Waals surface area contributed by atoms with Gasteiger partial charge in [0.2, 0.25) is 0 Å². The molecule has 1 saturated carbocycles. The number of nitrogens with one attached hydrogen (secondary N) is 1. The van der Waals surface area contributed by atoms with Crippen LogP contribution >= 0.6 is 0 Å². The molecular weight excluding hydrogens is 295 g/mol. The molecule has 3 rings (SSSR count). The number of halogens is 1. The fraction of sp³-hybridized carbons (Fsp3) is 0.412. The molecule has 1 aromatic heterocycles. The van der Waals surface area contributed by atoms with Crippen molar-refractivity contribution in [3.8, 4) is 5.69 Å². The highest BCUT2D eigenvalue weighted by atomic mass is 19.1. The first kappa shape index (κ1) is 15.7. The zero-order valence-electron chi connectivity index (χ0n) is 13.1. The van der Waals surface area contributed by atoms with Crippen LogP contribution in [0.3, 0.4) is 0 Å². The molecule has 6 heteroatoms. The summed E-state index contributed by atoms with van der Waals surface area (Å²) in [5.74, 6) is -0.530. The Kier molecular flexibility index (Phi) is 4.43. The van der Waals surface area contributed by atoms with E-state index >= 15 is 0 Å². The van der Waals surface area contributed by atoms with Crippen molar-refractivity contribution in [2.75, 3.05) is 0 Å². The molecule has 0 spiro atoms. The number of para-hydroxylation sites is 1. The molecule has 0 bridgehead atoms. The highest BCUT2D eigenvalue weighted by Gasteiger charge is 2.23. The van der Waals surface area contributed by atoms with Crippen LogP contribution in [0.15, 0.2) is 30.5 Å². The van der Waals surface area contributed by atoms with Crippen LogP contribution in [0.1, 0.15) is 41.7 Å². The molecule has 0 atom stereocenters. The Bertz CT molecular complexity index is 704. The number of hydrogen-bond donors (Lipinski definition) is 2. The molecule has 1 amide bonds. The molecule has 5 nitrogen and oxygen atoms in total. The summed E-state index contributed by atoms with van der Waals surface area (Å²) in [5, 5.41) is 7.20. The van der Waals surface area contributed by atoms with E-state index in [1.165, 1.54) is 16.9 Å². The van der Waals surface area contributed by atoms with E-state index in [-0.39, 0.29) is 23.8 Å². The summed E-state index contributed by atoms with van der Waals surface area (Å²) in [6.45, 7) is 1.77. The molecule has 23 heavy (non-hydrogen) atoms. The van der Waals surface area contributed by atoms with E-state index in [4.69, 9.17) is 5.73 Å². The van der Waals surface area contributed by atoms with Crippen molar-refractivity contribution in [3.63, 3.8) is 0 Å². The second-order valence-electron chi connectivity index (χ2n) is 6.09. The third-order valence-corrected chi connectivity index (χ3v) is 4.44. The van der Waals surface area contributed by atoms with E-state index in [1.807, 2.05) is 0 Å². The van der Waals surface area contributed by atoms with Crippen LogP contribution in [0, 0.1) is 12.7 Å². The molecule has 0 saturated heterocycles. The summed E-state index contributed by atoms with van der Waals surface area (Å²) < 4.78 is 15.4. The second kappa shape index (κ2) is 6.50. The van der Waals surface area contributed by atoms with E-state index in [2.05, 4.69) is 10.4 Å². The number of amides is 1. The number of carbonyl (C=O) groups excluding carboxylic acids is 1. The van der Waals surface area contributed by atoms with Gasteiger partial charge in [0.1, 0.15) is 11.5 Å². The number of benzene rings is 1. The van der Waals surface area contributed by atoms with Gasteiger partial charge in [-0.25, -0.2) is 9.07 Å². The van der Waals surface area contributed by atoms with Crippen molar-refractivity contribution < 1.29 is 9.18 Å². The fourth-order valence-electron chi connectivity index (χ4n) is 3.03. The number of carbonyl (C=O) groups is 1. The highest BCUT2D eigenvalue weighted by molar-refractivity contribution is 5.95. The van der Waals surface area contributed by atoms with E-state index < -0.39 is 0 Å². The number of aromatic nitrogens is 2. The fourth-order valence-corrected chi connectivity index (χ4v) is 3.03. The minimum absolute atomic E-state index is 0.151. The topological polar surface area (TPSA) is 72.9 Å². The maximum Gasteiger partial charge on any atom is 0.254 e.